The van der Waals surface area contributed by atoms with Gasteiger partial charge in [-0.3, -0.25) is 29.4 Å². The lowest BCUT2D eigenvalue weighted by molar-refractivity contribution is -0.136. The van der Waals surface area contributed by atoms with Crippen LogP contribution < -0.4 is 15.5 Å². The second-order valence-electron chi connectivity index (χ2n) is 9.21. The fourth-order valence-corrected chi connectivity index (χ4v) is 5.65. The number of nitrogens with one attached hydrogen (secondary N) is 2. The molecule has 170 valence electrons. The molecule has 2 N–H and O–H groups in total. The minimum atomic E-state index is -1.05. The predicted molar refractivity (Wildman–Crippen MR) is 114 cm³/mol. The summed E-state index contributed by atoms with van der Waals surface area (Å²) < 4.78 is 15.0. The maximum atomic E-state index is 15.0. The number of fused-ring (bicyclic) bond motifs is 1. The summed E-state index contributed by atoms with van der Waals surface area (Å²) in [7, 11) is 0. The van der Waals surface area contributed by atoms with Gasteiger partial charge in [0, 0.05) is 19.5 Å². The topological polar surface area (TPSA) is 98.8 Å². The minimum Gasteiger partial charge on any atom is -0.369 e. The van der Waals surface area contributed by atoms with Gasteiger partial charge in [0.25, 0.3) is 11.8 Å². The van der Waals surface area contributed by atoms with E-state index in [1.807, 2.05) is 4.90 Å². The number of carbonyl (C=O) groups excluding carboxylic acids is 4. The lowest BCUT2D eigenvalue weighted by atomic mass is 9.79. The third-order valence-electron chi connectivity index (χ3n) is 7.44. The minimum absolute atomic E-state index is 0.0226. The van der Waals surface area contributed by atoms with Crippen molar-refractivity contribution in [2.24, 2.45) is 11.8 Å². The van der Waals surface area contributed by atoms with Crippen molar-refractivity contribution in [2.75, 3.05) is 31.1 Å². The van der Waals surface area contributed by atoms with Crippen molar-refractivity contribution in [2.45, 2.75) is 44.6 Å². The molecule has 0 saturated carbocycles. The average Bonchev–Trinajstić information content (AvgIpc) is 3.03. The number of piperidine rings is 3. The summed E-state index contributed by atoms with van der Waals surface area (Å²) in [6, 6.07) is 1.53. The van der Waals surface area contributed by atoms with Crippen LogP contribution in [-0.2, 0) is 9.59 Å². The van der Waals surface area contributed by atoms with Gasteiger partial charge in [-0.2, -0.15) is 0 Å². The Bertz CT molecular complexity index is 982. The molecule has 0 aromatic heterocycles. The van der Waals surface area contributed by atoms with Gasteiger partial charge in [0.05, 0.1) is 16.8 Å². The van der Waals surface area contributed by atoms with Crippen LogP contribution in [0.3, 0.4) is 0 Å². The molecule has 4 heterocycles. The molecule has 9 heteroatoms. The highest BCUT2D eigenvalue weighted by Crippen LogP contribution is 2.36. The number of rotatable bonds is 3. The van der Waals surface area contributed by atoms with E-state index in [2.05, 4.69) is 10.6 Å². The molecule has 3 fully saturated rings. The van der Waals surface area contributed by atoms with Gasteiger partial charge in [-0.05, 0) is 69.2 Å². The largest absolute Gasteiger partial charge is 0.369 e. The van der Waals surface area contributed by atoms with Crippen molar-refractivity contribution < 1.29 is 23.6 Å². The number of halogens is 1. The van der Waals surface area contributed by atoms with Crippen LogP contribution in [0.1, 0.15) is 59.2 Å². The van der Waals surface area contributed by atoms with E-state index in [9.17, 15) is 19.2 Å². The number of anilines is 1. The molecule has 3 saturated heterocycles. The van der Waals surface area contributed by atoms with Crippen molar-refractivity contribution in [3.05, 3.63) is 29.1 Å². The van der Waals surface area contributed by atoms with Crippen LogP contribution >= 0.6 is 0 Å². The van der Waals surface area contributed by atoms with Crippen molar-refractivity contribution >= 4 is 29.3 Å². The molecule has 0 aliphatic carbocycles. The number of hydrogen-bond acceptors (Lipinski definition) is 6. The number of carbonyl (C=O) groups is 4. The van der Waals surface area contributed by atoms with E-state index >= 15 is 4.39 Å². The van der Waals surface area contributed by atoms with Crippen molar-refractivity contribution in [3.63, 3.8) is 0 Å². The van der Waals surface area contributed by atoms with E-state index in [1.54, 1.807) is 0 Å². The Balaban J connectivity index is 1.34. The lowest BCUT2D eigenvalue weighted by Gasteiger charge is -2.39. The Morgan fingerprint density at radius 3 is 2.12 bits per heavy atom. The molecule has 5 rings (SSSR count). The fourth-order valence-electron chi connectivity index (χ4n) is 5.65. The van der Waals surface area contributed by atoms with Gasteiger partial charge in [0.2, 0.25) is 11.8 Å². The zero-order valence-electron chi connectivity index (χ0n) is 17.9. The summed E-state index contributed by atoms with van der Waals surface area (Å²) in [5, 5.41) is 5.56. The van der Waals surface area contributed by atoms with Gasteiger partial charge in [0.1, 0.15) is 11.9 Å². The highest BCUT2D eigenvalue weighted by Gasteiger charge is 2.45. The summed E-state index contributed by atoms with van der Waals surface area (Å²) in [6.45, 7) is 3.54. The maximum Gasteiger partial charge on any atom is 0.262 e. The molecule has 1 unspecified atom stereocenters. The molecule has 4 amide bonds. The van der Waals surface area contributed by atoms with Crippen LogP contribution in [0.2, 0.25) is 0 Å². The van der Waals surface area contributed by atoms with Crippen LogP contribution in [0.15, 0.2) is 12.1 Å². The van der Waals surface area contributed by atoms with Gasteiger partial charge in [-0.15, -0.1) is 0 Å². The quantitative estimate of drug-likeness (QED) is 0.688. The lowest BCUT2D eigenvalue weighted by Crippen LogP contribution is -2.54. The first-order chi connectivity index (χ1) is 15.4. The van der Waals surface area contributed by atoms with Crippen LogP contribution in [0, 0.1) is 17.7 Å². The first-order valence-electron chi connectivity index (χ1n) is 11.4. The highest BCUT2D eigenvalue weighted by molar-refractivity contribution is 6.23. The summed E-state index contributed by atoms with van der Waals surface area (Å²) in [6.07, 6.45) is 4.47. The molecule has 32 heavy (non-hydrogen) atoms. The van der Waals surface area contributed by atoms with E-state index in [4.69, 9.17) is 0 Å². The van der Waals surface area contributed by atoms with Crippen LogP contribution in [-0.4, -0.2) is 60.7 Å². The zero-order valence-corrected chi connectivity index (χ0v) is 17.9. The van der Waals surface area contributed by atoms with Gasteiger partial charge in [0.15, 0.2) is 0 Å². The van der Waals surface area contributed by atoms with Crippen LogP contribution in [0.5, 0.6) is 0 Å². The monoisotopic (exact) mass is 442 g/mol. The van der Waals surface area contributed by atoms with Gasteiger partial charge in [-0.25, -0.2) is 4.39 Å². The normalized spacial score (nSPS) is 25.3. The van der Waals surface area contributed by atoms with Crippen molar-refractivity contribution in [1.82, 2.24) is 15.5 Å². The SMILES string of the molecule is O=C1CCC(N2C(=O)c3cc(F)c(N4CCC(C5CCNCC5)CC4)cc3C2=O)C(=O)N1. The molecule has 4 aliphatic rings. The molecular formula is C23H27FN4O4. The zero-order chi connectivity index (χ0) is 22.4. The second-order valence-corrected chi connectivity index (χ2v) is 9.21. The van der Waals surface area contributed by atoms with Crippen molar-refractivity contribution in [3.8, 4) is 0 Å². The summed E-state index contributed by atoms with van der Waals surface area (Å²) in [5.41, 5.74) is 0.431. The molecule has 0 bridgehead atoms. The number of benzene rings is 1. The Labute approximate surface area is 185 Å². The van der Waals surface area contributed by atoms with E-state index in [0.717, 1.165) is 36.9 Å². The van der Waals surface area contributed by atoms with E-state index in [0.29, 0.717) is 30.6 Å². The summed E-state index contributed by atoms with van der Waals surface area (Å²) in [4.78, 5) is 52.3. The molecular weight excluding hydrogens is 415 g/mol. The molecule has 4 aliphatic heterocycles. The smallest absolute Gasteiger partial charge is 0.262 e. The molecule has 0 spiro atoms. The van der Waals surface area contributed by atoms with E-state index in [1.165, 1.54) is 18.9 Å². The van der Waals surface area contributed by atoms with E-state index < -0.39 is 35.5 Å². The standard InChI is InChI=1S/C23H27FN4O4/c24-17-11-15-16(23(32)28(22(15)31)18-1-2-20(29)26-21(18)30)12-19(17)27-9-5-14(6-10-27)13-3-7-25-8-4-13/h11-14,18,25H,1-10H2,(H,26,29,30). The Morgan fingerprint density at radius 2 is 1.47 bits per heavy atom. The average molecular weight is 442 g/mol. The third kappa shape index (κ3) is 3.58. The van der Waals surface area contributed by atoms with Crippen molar-refractivity contribution in [1.29, 1.82) is 0 Å². The van der Waals surface area contributed by atoms with Crippen LogP contribution in [0.4, 0.5) is 10.1 Å². The number of imide groups is 2. The predicted octanol–water partition coefficient (Wildman–Crippen LogP) is 1.44. The van der Waals surface area contributed by atoms with Gasteiger partial charge in [-0.1, -0.05) is 0 Å². The second kappa shape index (κ2) is 8.27. The summed E-state index contributed by atoms with van der Waals surface area (Å²) >= 11 is 0. The molecule has 1 atom stereocenters. The number of nitrogens with zero attached hydrogens (tertiary/aromatic N) is 2. The number of amides is 4. The highest BCUT2D eigenvalue weighted by atomic mass is 19.1. The van der Waals surface area contributed by atoms with Gasteiger partial charge < -0.3 is 10.2 Å². The van der Waals surface area contributed by atoms with Crippen LogP contribution in [0.25, 0.3) is 0 Å². The fraction of sp³-hybridized carbons (Fsp3) is 0.565. The molecule has 1 aromatic rings. The maximum absolute atomic E-state index is 15.0. The molecule has 8 nitrogen and oxygen atoms in total. The third-order valence-corrected chi connectivity index (χ3v) is 7.44. The molecule has 1 aromatic carbocycles. The Kier molecular flexibility index (Phi) is 5.44. The first kappa shape index (κ1) is 21.1. The summed E-state index contributed by atoms with van der Waals surface area (Å²) in [5.74, 6) is -1.57. The molecule has 0 radical (unpaired) electrons. The number of hydrogen-bond donors (Lipinski definition) is 2. The Hall–Kier alpha value is -2.81. The Morgan fingerprint density at radius 1 is 0.844 bits per heavy atom. The van der Waals surface area contributed by atoms with Gasteiger partial charge >= 0.3 is 0 Å². The van der Waals surface area contributed by atoms with E-state index in [-0.39, 0.29) is 24.0 Å². The first-order valence-corrected chi connectivity index (χ1v) is 11.4.